The lowest BCUT2D eigenvalue weighted by Gasteiger charge is -2.15. The van der Waals surface area contributed by atoms with Crippen molar-refractivity contribution in [3.63, 3.8) is 0 Å². The molecular formula is C21H20BrN3O3S. The van der Waals surface area contributed by atoms with Gasteiger partial charge in [0.15, 0.2) is 10.9 Å². The summed E-state index contributed by atoms with van der Waals surface area (Å²) in [6, 6.07) is 12.1. The van der Waals surface area contributed by atoms with E-state index in [-0.39, 0.29) is 17.2 Å². The predicted molar refractivity (Wildman–Crippen MR) is 120 cm³/mol. The Labute approximate surface area is 180 Å². The van der Waals surface area contributed by atoms with Crippen LogP contribution in [-0.4, -0.2) is 26.5 Å². The Morgan fingerprint density at radius 3 is 2.52 bits per heavy atom. The van der Waals surface area contributed by atoms with Crippen molar-refractivity contribution in [3.05, 3.63) is 62.9 Å². The van der Waals surface area contributed by atoms with E-state index in [0.29, 0.717) is 33.9 Å². The Kier molecular flexibility index (Phi) is 6.54. The van der Waals surface area contributed by atoms with E-state index >= 15 is 0 Å². The van der Waals surface area contributed by atoms with Gasteiger partial charge in [0.05, 0.1) is 16.2 Å². The molecule has 1 heterocycles. The number of nitrogens with one attached hydrogen (secondary N) is 1. The van der Waals surface area contributed by atoms with Crippen LogP contribution in [-0.2, 0) is 11.3 Å². The van der Waals surface area contributed by atoms with Gasteiger partial charge in [-0.15, -0.1) is 0 Å². The first-order chi connectivity index (χ1) is 13.8. The summed E-state index contributed by atoms with van der Waals surface area (Å²) in [6.45, 7) is 5.59. The summed E-state index contributed by atoms with van der Waals surface area (Å²) in [4.78, 5) is 41.4. The summed E-state index contributed by atoms with van der Waals surface area (Å²) < 4.78 is 2.39. The van der Waals surface area contributed by atoms with Gasteiger partial charge >= 0.3 is 0 Å². The van der Waals surface area contributed by atoms with Crippen molar-refractivity contribution < 1.29 is 9.59 Å². The van der Waals surface area contributed by atoms with Crippen molar-refractivity contribution in [2.24, 2.45) is 0 Å². The fourth-order valence-corrected chi connectivity index (χ4v) is 4.12. The summed E-state index contributed by atoms with van der Waals surface area (Å²) in [5.41, 5.74) is 1.66. The smallest absolute Gasteiger partial charge is 0.262 e. The van der Waals surface area contributed by atoms with E-state index in [4.69, 9.17) is 0 Å². The molecule has 29 heavy (non-hydrogen) atoms. The molecule has 0 saturated heterocycles. The fraction of sp³-hybridized carbons (Fsp3) is 0.238. The maximum Gasteiger partial charge on any atom is 0.262 e. The molecule has 0 aliphatic rings. The highest BCUT2D eigenvalue weighted by Gasteiger charge is 2.19. The summed E-state index contributed by atoms with van der Waals surface area (Å²) in [7, 11) is 0. The second-order valence-electron chi connectivity index (χ2n) is 6.49. The average Bonchev–Trinajstić information content (AvgIpc) is 2.69. The lowest BCUT2D eigenvalue weighted by molar-refractivity contribution is -0.115. The Morgan fingerprint density at radius 2 is 1.90 bits per heavy atom. The van der Waals surface area contributed by atoms with Crippen LogP contribution in [0.25, 0.3) is 10.9 Å². The van der Waals surface area contributed by atoms with Crippen molar-refractivity contribution >= 4 is 56.0 Å². The van der Waals surface area contributed by atoms with Gasteiger partial charge < -0.3 is 5.32 Å². The van der Waals surface area contributed by atoms with E-state index in [0.717, 1.165) is 4.47 Å². The summed E-state index contributed by atoms with van der Waals surface area (Å²) in [5.74, 6) is -0.239. The number of amides is 1. The number of thioether (sulfide) groups is 1. The molecule has 3 aromatic rings. The van der Waals surface area contributed by atoms with Gasteiger partial charge in [0, 0.05) is 22.3 Å². The highest BCUT2D eigenvalue weighted by Crippen LogP contribution is 2.25. The van der Waals surface area contributed by atoms with Gasteiger partial charge in [-0.2, -0.15) is 0 Å². The zero-order chi connectivity index (χ0) is 21.1. The van der Waals surface area contributed by atoms with E-state index in [1.54, 1.807) is 47.9 Å². The molecule has 0 bridgehead atoms. The van der Waals surface area contributed by atoms with Gasteiger partial charge in [-0.05, 0) is 63.2 Å². The maximum absolute atomic E-state index is 12.8. The number of aromatic nitrogens is 2. The van der Waals surface area contributed by atoms with Crippen molar-refractivity contribution in [1.82, 2.24) is 9.55 Å². The molecule has 1 aromatic heterocycles. The number of benzene rings is 2. The molecule has 0 aliphatic heterocycles. The van der Waals surface area contributed by atoms with E-state index in [2.05, 4.69) is 26.2 Å². The number of ketones is 1. The van der Waals surface area contributed by atoms with E-state index in [1.807, 2.05) is 13.0 Å². The molecule has 8 heteroatoms. The van der Waals surface area contributed by atoms with Gasteiger partial charge in [0.2, 0.25) is 5.91 Å². The van der Waals surface area contributed by atoms with Crippen molar-refractivity contribution in [2.75, 3.05) is 5.32 Å². The molecule has 1 amide bonds. The van der Waals surface area contributed by atoms with Crippen LogP contribution in [0.1, 0.15) is 31.1 Å². The number of fused-ring (bicyclic) bond motifs is 1. The van der Waals surface area contributed by atoms with Crippen molar-refractivity contribution in [2.45, 2.75) is 37.7 Å². The standard InChI is InChI=1S/C21H20BrN3O3S/c1-4-25-20(28)17-11-15(22)7-10-18(17)24-21(25)29-13(3)19(27)23-16-8-5-14(6-9-16)12(2)26/h5-11,13H,4H2,1-3H3,(H,23,27). The van der Waals surface area contributed by atoms with Crippen molar-refractivity contribution in [1.29, 1.82) is 0 Å². The molecule has 0 saturated carbocycles. The van der Waals surface area contributed by atoms with Crippen LogP contribution >= 0.6 is 27.7 Å². The van der Waals surface area contributed by atoms with Crippen molar-refractivity contribution in [3.8, 4) is 0 Å². The molecule has 0 radical (unpaired) electrons. The molecular weight excluding hydrogens is 454 g/mol. The molecule has 3 rings (SSSR count). The van der Waals surface area contributed by atoms with E-state index < -0.39 is 5.25 Å². The van der Waals surface area contributed by atoms with Gasteiger partial charge in [0.25, 0.3) is 5.56 Å². The average molecular weight is 474 g/mol. The topological polar surface area (TPSA) is 81.1 Å². The first-order valence-corrected chi connectivity index (χ1v) is 10.8. The maximum atomic E-state index is 12.8. The minimum atomic E-state index is -0.472. The SMILES string of the molecule is CCn1c(SC(C)C(=O)Nc2ccc(C(C)=O)cc2)nc2ccc(Br)cc2c1=O. The largest absolute Gasteiger partial charge is 0.325 e. The predicted octanol–water partition coefficient (Wildman–Crippen LogP) is 4.50. The van der Waals surface area contributed by atoms with Gasteiger partial charge in [-0.3, -0.25) is 19.0 Å². The second kappa shape index (κ2) is 8.92. The third-order valence-electron chi connectivity index (χ3n) is 4.41. The Balaban J connectivity index is 1.82. The monoisotopic (exact) mass is 473 g/mol. The molecule has 2 aromatic carbocycles. The molecule has 0 fully saturated rings. The number of nitrogens with zero attached hydrogens (tertiary/aromatic N) is 2. The zero-order valence-corrected chi connectivity index (χ0v) is 18.6. The lowest BCUT2D eigenvalue weighted by atomic mass is 10.1. The molecule has 1 atom stereocenters. The normalized spacial score (nSPS) is 12.0. The molecule has 150 valence electrons. The van der Waals surface area contributed by atoms with E-state index in [9.17, 15) is 14.4 Å². The van der Waals surface area contributed by atoms with Gasteiger partial charge in [0.1, 0.15) is 0 Å². The van der Waals surface area contributed by atoms with Crippen LogP contribution in [0.3, 0.4) is 0 Å². The van der Waals surface area contributed by atoms with E-state index in [1.165, 1.54) is 18.7 Å². The fourth-order valence-electron chi connectivity index (χ4n) is 2.79. The summed E-state index contributed by atoms with van der Waals surface area (Å²) >= 11 is 4.62. The molecule has 6 nitrogen and oxygen atoms in total. The number of halogens is 1. The number of rotatable bonds is 6. The van der Waals surface area contributed by atoms with Gasteiger partial charge in [-0.25, -0.2) is 4.98 Å². The third kappa shape index (κ3) is 4.76. The molecule has 1 N–H and O–H groups in total. The van der Waals surface area contributed by atoms with Crippen LogP contribution in [0, 0.1) is 0 Å². The number of Topliss-reactive ketones (excluding diaryl/α,β-unsaturated/α-hetero) is 1. The number of hydrogen-bond acceptors (Lipinski definition) is 5. The number of hydrogen-bond donors (Lipinski definition) is 1. The number of carbonyl (C=O) groups is 2. The summed E-state index contributed by atoms with van der Waals surface area (Å²) in [5, 5.41) is 3.40. The minimum absolute atomic E-state index is 0.0289. The first kappa shape index (κ1) is 21.3. The minimum Gasteiger partial charge on any atom is -0.325 e. The highest BCUT2D eigenvalue weighted by atomic mass is 79.9. The van der Waals surface area contributed by atoms with Crippen LogP contribution in [0.4, 0.5) is 5.69 Å². The molecule has 1 unspecified atom stereocenters. The lowest BCUT2D eigenvalue weighted by Crippen LogP contribution is -2.26. The van der Waals surface area contributed by atoms with Crippen LogP contribution in [0.2, 0.25) is 0 Å². The first-order valence-electron chi connectivity index (χ1n) is 9.08. The third-order valence-corrected chi connectivity index (χ3v) is 5.99. The summed E-state index contributed by atoms with van der Waals surface area (Å²) in [6.07, 6.45) is 0. The second-order valence-corrected chi connectivity index (χ2v) is 8.71. The Hall–Kier alpha value is -2.45. The Morgan fingerprint density at radius 1 is 1.21 bits per heavy atom. The van der Waals surface area contributed by atoms with Gasteiger partial charge in [-0.1, -0.05) is 27.7 Å². The molecule has 0 aliphatic carbocycles. The zero-order valence-electron chi connectivity index (χ0n) is 16.2. The van der Waals surface area contributed by atoms with Crippen LogP contribution in [0.5, 0.6) is 0 Å². The quantitative estimate of drug-likeness (QED) is 0.323. The van der Waals surface area contributed by atoms with Crippen LogP contribution in [0.15, 0.2) is 56.9 Å². The highest BCUT2D eigenvalue weighted by molar-refractivity contribution is 9.10. The number of carbonyl (C=O) groups excluding carboxylic acids is 2. The Bertz CT molecular complexity index is 1140. The van der Waals surface area contributed by atoms with Crippen LogP contribution < -0.4 is 10.9 Å². The number of anilines is 1. The molecule has 0 spiro atoms.